The summed E-state index contributed by atoms with van der Waals surface area (Å²) in [6.07, 6.45) is 2.86. The van der Waals surface area contributed by atoms with Crippen molar-refractivity contribution in [2.24, 2.45) is 11.8 Å². The van der Waals surface area contributed by atoms with Crippen molar-refractivity contribution in [2.45, 2.75) is 38.3 Å². The van der Waals surface area contributed by atoms with Gasteiger partial charge in [0.2, 0.25) is 11.8 Å². The van der Waals surface area contributed by atoms with E-state index < -0.39 is 0 Å². The van der Waals surface area contributed by atoms with Crippen molar-refractivity contribution in [1.82, 2.24) is 9.80 Å². The standard InChI is InChI=1S/C25H30N2O3/c1-26-16-21-13-22(12-20(21)15-24(26)28)27(2)25(29)14-19-10-6-7-11-23(19)30-17-18-8-4-3-5-9-18/h3-11,20-22H,12-17H2,1-2H3/t20-,21+,22-/m1/s1. The number of piperidine rings is 1. The number of para-hydroxylation sites is 1. The Kier molecular flexibility index (Phi) is 6.07. The fourth-order valence-electron chi connectivity index (χ4n) is 4.82. The van der Waals surface area contributed by atoms with Crippen molar-refractivity contribution in [1.29, 1.82) is 0 Å². The zero-order chi connectivity index (χ0) is 21.1. The minimum absolute atomic E-state index is 0.106. The van der Waals surface area contributed by atoms with Gasteiger partial charge in [-0.15, -0.1) is 0 Å². The molecule has 1 heterocycles. The molecule has 0 radical (unpaired) electrons. The highest BCUT2D eigenvalue weighted by Crippen LogP contribution is 2.40. The number of benzene rings is 2. The molecule has 3 atom stereocenters. The Balaban J connectivity index is 1.37. The summed E-state index contributed by atoms with van der Waals surface area (Å²) in [6, 6.07) is 18.0. The lowest BCUT2D eigenvalue weighted by molar-refractivity contribution is -0.135. The molecule has 2 aromatic carbocycles. The fourth-order valence-corrected chi connectivity index (χ4v) is 4.82. The predicted molar refractivity (Wildman–Crippen MR) is 116 cm³/mol. The SMILES string of the molecule is CN1C[C@@H]2C[C@H](N(C)C(=O)Cc3ccccc3OCc3ccccc3)C[C@@H]2CC1=O. The van der Waals surface area contributed by atoms with E-state index in [1.807, 2.05) is 78.5 Å². The number of amides is 2. The van der Waals surface area contributed by atoms with Gasteiger partial charge in [-0.05, 0) is 36.3 Å². The molecule has 2 amide bonds. The Bertz CT molecular complexity index is 898. The molecule has 30 heavy (non-hydrogen) atoms. The number of hydrogen-bond acceptors (Lipinski definition) is 3. The van der Waals surface area contributed by atoms with Gasteiger partial charge in [-0.2, -0.15) is 0 Å². The maximum Gasteiger partial charge on any atom is 0.227 e. The van der Waals surface area contributed by atoms with Gasteiger partial charge < -0.3 is 14.5 Å². The van der Waals surface area contributed by atoms with Crippen LogP contribution >= 0.6 is 0 Å². The quantitative estimate of drug-likeness (QED) is 0.738. The van der Waals surface area contributed by atoms with E-state index >= 15 is 0 Å². The van der Waals surface area contributed by atoms with Crippen molar-refractivity contribution in [3.8, 4) is 5.75 Å². The maximum atomic E-state index is 13.1. The van der Waals surface area contributed by atoms with Gasteiger partial charge in [0.25, 0.3) is 0 Å². The Morgan fingerprint density at radius 2 is 1.77 bits per heavy atom. The first-order valence-electron chi connectivity index (χ1n) is 10.8. The summed E-state index contributed by atoms with van der Waals surface area (Å²) in [6.45, 7) is 1.30. The van der Waals surface area contributed by atoms with Crippen LogP contribution in [0.2, 0.25) is 0 Å². The number of nitrogens with zero attached hydrogens (tertiary/aromatic N) is 2. The molecule has 0 N–H and O–H groups in total. The molecule has 1 saturated heterocycles. The van der Waals surface area contributed by atoms with Crippen LogP contribution in [0.25, 0.3) is 0 Å². The van der Waals surface area contributed by atoms with E-state index in [1.165, 1.54) is 0 Å². The van der Waals surface area contributed by atoms with Crippen molar-refractivity contribution >= 4 is 11.8 Å². The summed E-state index contributed by atoms with van der Waals surface area (Å²) in [5.41, 5.74) is 2.01. The van der Waals surface area contributed by atoms with E-state index in [0.717, 1.165) is 36.3 Å². The van der Waals surface area contributed by atoms with E-state index in [1.54, 1.807) is 0 Å². The van der Waals surface area contributed by atoms with Crippen molar-refractivity contribution in [3.63, 3.8) is 0 Å². The molecule has 0 aromatic heterocycles. The van der Waals surface area contributed by atoms with E-state index in [0.29, 0.717) is 31.3 Å². The molecule has 0 bridgehead atoms. The summed E-state index contributed by atoms with van der Waals surface area (Å²) in [5, 5.41) is 0. The largest absolute Gasteiger partial charge is 0.489 e. The molecule has 2 fully saturated rings. The monoisotopic (exact) mass is 406 g/mol. The molecule has 158 valence electrons. The number of hydrogen-bond donors (Lipinski definition) is 0. The number of ether oxygens (including phenoxy) is 1. The van der Waals surface area contributed by atoms with Crippen molar-refractivity contribution in [2.75, 3.05) is 20.6 Å². The highest BCUT2D eigenvalue weighted by Gasteiger charge is 2.42. The zero-order valence-corrected chi connectivity index (χ0v) is 17.8. The average Bonchev–Trinajstić information content (AvgIpc) is 3.16. The van der Waals surface area contributed by atoms with Crippen LogP contribution in [0.15, 0.2) is 54.6 Å². The zero-order valence-electron chi connectivity index (χ0n) is 17.8. The van der Waals surface area contributed by atoms with E-state index in [2.05, 4.69) is 0 Å². The van der Waals surface area contributed by atoms with E-state index in [9.17, 15) is 9.59 Å². The van der Waals surface area contributed by atoms with Gasteiger partial charge in [-0.25, -0.2) is 0 Å². The van der Waals surface area contributed by atoms with E-state index in [-0.39, 0.29) is 17.9 Å². The Morgan fingerprint density at radius 1 is 1.07 bits per heavy atom. The van der Waals surface area contributed by atoms with Gasteiger partial charge in [-0.3, -0.25) is 9.59 Å². The first kappa shape index (κ1) is 20.5. The third-order valence-electron chi connectivity index (χ3n) is 6.68. The van der Waals surface area contributed by atoms with Crippen LogP contribution in [0, 0.1) is 11.8 Å². The molecule has 5 heteroatoms. The molecule has 2 aromatic rings. The molecular formula is C25H30N2O3. The summed E-state index contributed by atoms with van der Waals surface area (Å²) >= 11 is 0. The van der Waals surface area contributed by atoms with Crippen LogP contribution in [0.3, 0.4) is 0 Å². The third-order valence-corrected chi connectivity index (χ3v) is 6.68. The lowest BCUT2D eigenvalue weighted by Gasteiger charge is -2.31. The highest BCUT2D eigenvalue weighted by molar-refractivity contribution is 5.80. The summed E-state index contributed by atoms with van der Waals surface area (Å²) in [4.78, 5) is 28.8. The second-order valence-electron chi connectivity index (χ2n) is 8.69. The molecule has 0 unspecified atom stereocenters. The van der Waals surface area contributed by atoms with Gasteiger partial charge >= 0.3 is 0 Å². The minimum atomic E-state index is 0.106. The first-order chi connectivity index (χ1) is 14.5. The molecule has 2 aliphatic rings. The number of rotatable bonds is 6. The predicted octanol–water partition coefficient (Wildman–Crippen LogP) is 3.52. The molecule has 4 rings (SSSR count). The van der Waals surface area contributed by atoms with Crippen LogP contribution in [0.5, 0.6) is 5.75 Å². The molecular weight excluding hydrogens is 376 g/mol. The van der Waals surface area contributed by atoms with Gasteiger partial charge in [0, 0.05) is 38.7 Å². The number of likely N-dealkylation sites (N-methyl/N-ethyl adjacent to an activating group) is 1. The summed E-state index contributed by atoms with van der Waals surface area (Å²) in [7, 11) is 3.79. The van der Waals surface area contributed by atoms with Gasteiger partial charge in [0.1, 0.15) is 12.4 Å². The van der Waals surface area contributed by atoms with Crippen LogP contribution in [0.4, 0.5) is 0 Å². The lowest BCUT2D eigenvalue weighted by atomic mass is 9.88. The Hall–Kier alpha value is -2.82. The van der Waals surface area contributed by atoms with Gasteiger partial charge in [0.15, 0.2) is 0 Å². The molecule has 0 spiro atoms. The Labute approximate surface area is 178 Å². The average molecular weight is 407 g/mol. The molecule has 1 aliphatic carbocycles. The molecule has 1 saturated carbocycles. The summed E-state index contributed by atoms with van der Waals surface area (Å²) < 4.78 is 6.02. The van der Waals surface area contributed by atoms with Crippen LogP contribution < -0.4 is 4.74 Å². The molecule has 1 aliphatic heterocycles. The molecule has 5 nitrogen and oxygen atoms in total. The van der Waals surface area contributed by atoms with Crippen LogP contribution in [-0.2, 0) is 22.6 Å². The smallest absolute Gasteiger partial charge is 0.227 e. The number of fused-ring (bicyclic) bond motifs is 1. The van der Waals surface area contributed by atoms with Gasteiger partial charge in [-0.1, -0.05) is 48.5 Å². The minimum Gasteiger partial charge on any atom is -0.489 e. The van der Waals surface area contributed by atoms with Crippen LogP contribution in [0.1, 0.15) is 30.4 Å². The maximum absolute atomic E-state index is 13.1. The second-order valence-corrected chi connectivity index (χ2v) is 8.69. The van der Waals surface area contributed by atoms with E-state index in [4.69, 9.17) is 4.74 Å². The number of carbonyl (C=O) groups is 2. The van der Waals surface area contributed by atoms with Crippen LogP contribution in [-0.4, -0.2) is 48.3 Å². The normalized spacial score (nSPS) is 23.2. The second kappa shape index (κ2) is 8.90. The third kappa shape index (κ3) is 4.50. The topological polar surface area (TPSA) is 49.9 Å². The van der Waals surface area contributed by atoms with Crippen molar-refractivity contribution in [3.05, 3.63) is 65.7 Å². The van der Waals surface area contributed by atoms with Gasteiger partial charge in [0.05, 0.1) is 6.42 Å². The Morgan fingerprint density at radius 3 is 2.57 bits per heavy atom. The highest BCUT2D eigenvalue weighted by atomic mass is 16.5. The summed E-state index contributed by atoms with van der Waals surface area (Å²) in [5.74, 6) is 2.02. The fraction of sp³-hybridized carbons (Fsp3) is 0.440. The first-order valence-corrected chi connectivity index (χ1v) is 10.8. The number of carbonyl (C=O) groups excluding carboxylic acids is 2. The lowest BCUT2D eigenvalue weighted by Crippen LogP contribution is -2.40. The van der Waals surface area contributed by atoms with Crippen molar-refractivity contribution < 1.29 is 14.3 Å². The number of likely N-dealkylation sites (tertiary alicyclic amines) is 1.